The van der Waals surface area contributed by atoms with E-state index in [-0.39, 0.29) is 12.5 Å². The third-order valence-electron chi connectivity index (χ3n) is 3.42. The number of amides is 1. The smallest absolute Gasteiger partial charge is 0.264 e. The minimum atomic E-state index is -0.291. The molecule has 0 aliphatic rings. The predicted octanol–water partition coefficient (Wildman–Crippen LogP) is 4.41. The molecule has 1 N–H and O–H groups in total. The molecule has 3 rings (SSSR count). The van der Waals surface area contributed by atoms with Crippen LogP contribution in [0.2, 0.25) is 0 Å². The standard InChI is InChI=1S/C20H19N3O3S2/c1-2-12-27-20-23-22-19(28-20)21-18(24)14-26-17-10-8-16(9-11-17)25-13-15-6-4-3-5-7-15/h2-11H,1,12-14H2,(H,21,22,24). The number of nitrogens with zero attached hydrogens (tertiary/aromatic N) is 2. The molecule has 0 bridgehead atoms. The highest BCUT2D eigenvalue weighted by molar-refractivity contribution is 8.01. The largest absolute Gasteiger partial charge is 0.489 e. The van der Waals surface area contributed by atoms with Crippen LogP contribution in [0.5, 0.6) is 11.5 Å². The van der Waals surface area contributed by atoms with Gasteiger partial charge in [0.1, 0.15) is 18.1 Å². The summed E-state index contributed by atoms with van der Waals surface area (Å²) < 4.78 is 12.0. The average molecular weight is 414 g/mol. The van der Waals surface area contributed by atoms with E-state index >= 15 is 0 Å². The monoisotopic (exact) mass is 413 g/mol. The van der Waals surface area contributed by atoms with Gasteiger partial charge in [0, 0.05) is 5.75 Å². The van der Waals surface area contributed by atoms with Gasteiger partial charge in [0.25, 0.3) is 5.91 Å². The van der Waals surface area contributed by atoms with Crippen molar-refractivity contribution in [3.8, 4) is 11.5 Å². The summed E-state index contributed by atoms with van der Waals surface area (Å²) >= 11 is 2.83. The van der Waals surface area contributed by atoms with Gasteiger partial charge in [-0.1, -0.05) is 59.5 Å². The Morgan fingerprint density at radius 1 is 1.07 bits per heavy atom. The highest BCUT2D eigenvalue weighted by Gasteiger charge is 2.09. The molecule has 0 saturated carbocycles. The molecule has 144 valence electrons. The van der Waals surface area contributed by atoms with Crippen molar-refractivity contribution in [1.82, 2.24) is 10.2 Å². The van der Waals surface area contributed by atoms with Crippen LogP contribution in [-0.4, -0.2) is 28.5 Å². The van der Waals surface area contributed by atoms with E-state index in [1.807, 2.05) is 42.5 Å². The average Bonchev–Trinajstić information content (AvgIpc) is 3.18. The molecular formula is C20H19N3O3S2. The van der Waals surface area contributed by atoms with Crippen LogP contribution in [0.3, 0.4) is 0 Å². The summed E-state index contributed by atoms with van der Waals surface area (Å²) in [6, 6.07) is 17.1. The lowest BCUT2D eigenvalue weighted by Gasteiger charge is -2.08. The molecule has 0 atom stereocenters. The number of nitrogens with one attached hydrogen (secondary N) is 1. The number of thioether (sulfide) groups is 1. The Kier molecular flexibility index (Phi) is 7.45. The summed E-state index contributed by atoms with van der Waals surface area (Å²) in [5, 5.41) is 11.0. The van der Waals surface area contributed by atoms with Crippen molar-refractivity contribution >= 4 is 34.1 Å². The molecule has 0 radical (unpaired) electrons. The lowest BCUT2D eigenvalue weighted by atomic mass is 10.2. The predicted molar refractivity (Wildman–Crippen MR) is 112 cm³/mol. The molecule has 28 heavy (non-hydrogen) atoms. The summed E-state index contributed by atoms with van der Waals surface area (Å²) in [6.45, 7) is 4.04. The lowest BCUT2D eigenvalue weighted by Crippen LogP contribution is -2.20. The molecule has 8 heteroatoms. The number of aromatic nitrogens is 2. The third kappa shape index (κ3) is 6.40. The quantitative estimate of drug-likeness (QED) is 0.301. The molecule has 0 saturated heterocycles. The van der Waals surface area contributed by atoms with Gasteiger partial charge in [0.2, 0.25) is 5.13 Å². The van der Waals surface area contributed by atoms with Crippen molar-refractivity contribution in [1.29, 1.82) is 0 Å². The van der Waals surface area contributed by atoms with Gasteiger partial charge in [0.05, 0.1) is 0 Å². The number of anilines is 1. The van der Waals surface area contributed by atoms with E-state index in [0.717, 1.165) is 21.4 Å². The van der Waals surface area contributed by atoms with E-state index in [4.69, 9.17) is 9.47 Å². The molecule has 0 unspecified atom stereocenters. The van der Waals surface area contributed by atoms with Crippen molar-refractivity contribution in [2.75, 3.05) is 17.7 Å². The van der Waals surface area contributed by atoms with Crippen LogP contribution in [0.4, 0.5) is 5.13 Å². The zero-order valence-electron chi connectivity index (χ0n) is 15.0. The van der Waals surface area contributed by atoms with Crippen LogP contribution < -0.4 is 14.8 Å². The molecule has 1 heterocycles. The second-order valence-electron chi connectivity index (χ2n) is 5.56. The molecule has 1 amide bonds. The molecule has 0 fully saturated rings. The van der Waals surface area contributed by atoms with E-state index in [1.165, 1.54) is 23.1 Å². The molecule has 2 aromatic carbocycles. The Morgan fingerprint density at radius 2 is 1.79 bits per heavy atom. The Labute approximate surface area is 171 Å². The fourth-order valence-electron chi connectivity index (χ4n) is 2.13. The van der Waals surface area contributed by atoms with Crippen molar-refractivity contribution in [3.05, 3.63) is 72.8 Å². The highest BCUT2D eigenvalue weighted by atomic mass is 32.2. The minimum absolute atomic E-state index is 0.112. The number of benzene rings is 2. The summed E-state index contributed by atoms with van der Waals surface area (Å²) in [5.41, 5.74) is 1.10. The zero-order valence-corrected chi connectivity index (χ0v) is 16.7. The summed E-state index contributed by atoms with van der Waals surface area (Å²) in [7, 11) is 0. The first-order valence-corrected chi connectivity index (χ1v) is 10.3. The summed E-state index contributed by atoms with van der Waals surface area (Å²) in [4.78, 5) is 12.0. The van der Waals surface area contributed by atoms with E-state index in [9.17, 15) is 4.79 Å². The van der Waals surface area contributed by atoms with Crippen molar-refractivity contribution in [3.63, 3.8) is 0 Å². The molecule has 0 aliphatic heterocycles. The molecule has 0 spiro atoms. The van der Waals surface area contributed by atoms with Gasteiger partial charge in [-0.15, -0.1) is 16.8 Å². The normalized spacial score (nSPS) is 10.3. The van der Waals surface area contributed by atoms with Crippen molar-refractivity contribution in [2.45, 2.75) is 10.9 Å². The van der Waals surface area contributed by atoms with Crippen LogP contribution in [0.1, 0.15) is 5.56 Å². The van der Waals surface area contributed by atoms with Gasteiger partial charge in [0.15, 0.2) is 10.9 Å². The Balaban J connectivity index is 1.42. The van der Waals surface area contributed by atoms with Crippen LogP contribution in [0.25, 0.3) is 0 Å². The summed E-state index contributed by atoms with van der Waals surface area (Å²) in [5.74, 6) is 1.78. The molecule has 0 aliphatic carbocycles. The first-order valence-electron chi connectivity index (χ1n) is 8.49. The van der Waals surface area contributed by atoms with Gasteiger partial charge in [-0.05, 0) is 29.8 Å². The fraction of sp³-hybridized carbons (Fsp3) is 0.150. The van der Waals surface area contributed by atoms with Gasteiger partial charge >= 0.3 is 0 Å². The number of carbonyl (C=O) groups excluding carboxylic acids is 1. The minimum Gasteiger partial charge on any atom is -0.489 e. The Morgan fingerprint density at radius 3 is 2.50 bits per heavy atom. The van der Waals surface area contributed by atoms with Gasteiger partial charge < -0.3 is 9.47 Å². The van der Waals surface area contributed by atoms with Gasteiger partial charge in [-0.2, -0.15) is 0 Å². The Hall–Kier alpha value is -2.84. The number of ether oxygens (including phenoxy) is 2. The van der Waals surface area contributed by atoms with Gasteiger partial charge in [-0.25, -0.2) is 0 Å². The fourth-order valence-corrected chi connectivity index (χ4v) is 3.66. The molecule has 1 aromatic heterocycles. The maximum atomic E-state index is 12.0. The molecular weight excluding hydrogens is 394 g/mol. The number of carbonyl (C=O) groups is 1. The van der Waals surface area contributed by atoms with E-state index in [2.05, 4.69) is 22.1 Å². The Bertz CT molecular complexity index is 899. The molecule has 3 aromatic rings. The van der Waals surface area contributed by atoms with E-state index in [0.29, 0.717) is 17.5 Å². The number of hydrogen-bond acceptors (Lipinski definition) is 7. The first-order chi connectivity index (χ1) is 13.7. The van der Waals surface area contributed by atoms with Crippen LogP contribution >= 0.6 is 23.1 Å². The van der Waals surface area contributed by atoms with Crippen LogP contribution in [-0.2, 0) is 11.4 Å². The summed E-state index contributed by atoms with van der Waals surface area (Å²) in [6.07, 6.45) is 1.79. The first kappa shape index (κ1) is 19.9. The lowest BCUT2D eigenvalue weighted by molar-refractivity contribution is -0.118. The zero-order chi connectivity index (χ0) is 19.6. The second-order valence-corrected chi connectivity index (χ2v) is 7.80. The maximum absolute atomic E-state index is 12.0. The molecule has 6 nitrogen and oxygen atoms in total. The van der Waals surface area contributed by atoms with E-state index in [1.54, 1.807) is 18.2 Å². The van der Waals surface area contributed by atoms with Gasteiger partial charge in [-0.3, -0.25) is 10.1 Å². The second kappa shape index (κ2) is 10.5. The SMILES string of the molecule is C=CCSc1nnc(NC(=O)COc2ccc(OCc3ccccc3)cc2)s1. The highest BCUT2D eigenvalue weighted by Crippen LogP contribution is 2.25. The third-order valence-corrected chi connectivity index (χ3v) is 5.39. The number of rotatable bonds is 10. The van der Waals surface area contributed by atoms with E-state index < -0.39 is 0 Å². The van der Waals surface area contributed by atoms with Crippen molar-refractivity contribution in [2.24, 2.45) is 0 Å². The van der Waals surface area contributed by atoms with Crippen LogP contribution in [0.15, 0.2) is 71.6 Å². The number of hydrogen-bond donors (Lipinski definition) is 1. The van der Waals surface area contributed by atoms with Crippen LogP contribution in [0, 0.1) is 0 Å². The topological polar surface area (TPSA) is 73.3 Å². The maximum Gasteiger partial charge on any atom is 0.264 e. The van der Waals surface area contributed by atoms with Crippen molar-refractivity contribution < 1.29 is 14.3 Å².